The average molecular weight is 492 g/mol. The van der Waals surface area contributed by atoms with Crippen LogP contribution in [0.2, 0.25) is 0 Å². The van der Waals surface area contributed by atoms with Crippen LogP contribution in [0.25, 0.3) is 22.6 Å². The third-order valence-corrected chi connectivity index (χ3v) is 5.77. The Morgan fingerprint density at radius 1 is 1.17 bits per heavy atom. The number of aliphatic hydroxyl groups excluding tert-OH is 2. The van der Waals surface area contributed by atoms with Crippen molar-refractivity contribution in [2.75, 3.05) is 12.4 Å². The van der Waals surface area contributed by atoms with Gasteiger partial charge in [-0.25, -0.2) is 20.4 Å². The number of hydrogen-bond donors (Lipinski definition) is 5. The summed E-state index contributed by atoms with van der Waals surface area (Å²) in [4.78, 5) is 34.6. The van der Waals surface area contributed by atoms with Gasteiger partial charge >= 0.3 is 0 Å². The molecule has 0 spiro atoms. The summed E-state index contributed by atoms with van der Waals surface area (Å²) in [5.41, 5.74) is 8.18. The van der Waals surface area contributed by atoms with Gasteiger partial charge in [0.15, 0.2) is 35.1 Å². The molecule has 5 rings (SSSR count). The zero-order chi connectivity index (χ0) is 25.2. The average Bonchev–Trinajstić information content (AvgIpc) is 3.44. The van der Waals surface area contributed by atoms with Gasteiger partial charge < -0.3 is 20.3 Å². The lowest BCUT2D eigenvalue weighted by Gasteiger charge is -2.17. The molecule has 0 aliphatic carbocycles. The van der Waals surface area contributed by atoms with Crippen molar-refractivity contribution >= 4 is 22.9 Å². The van der Waals surface area contributed by atoms with Crippen molar-refractivity contribution in [2.24, 2.45) is 0 Å². The van der Waals surface area contributed by atoms with E-state index in [1.54, 1.807) is 24.7 Å². The van der Waals surface area contributed by atoms with E-state index < -0.39 is 30.4 Å². The van der Waals surface area contributed by atoms with Crippen LogP contribution in [-0.2, 0) is 16.1 Å². The maximum Gasteiger partial charge on any atom is 0.266 e. The molecular formula is C23H25N9O4. The summed E-state index contributed by atoms with van der Waals surface area (Å²) in [5, 5.41) is 24.4. The van der Waals surface area contributed by atoms with Crippen molar-refractivity contribution in [3.63, 3.8) is 0 Å². The quantitative estimate of drug-likeness (QED) is 0.222. The molecule has 1 saturated heterocycles. The van der Waals surface area contributed by atoms with E-state index in [2.05, 4.69) is 41.1 Å². The van der Waals surface area contributed by atoms with Crippen LogP contribution < -0.4 is 16.2 Å². The summed E-state index contributed by atoms with van der Waals surface area (Å²) in [7, 11) is 1.51. The second kappa shape index (κ2) is 9.91. The number of hydrazine groups is 1. The summed E-state index contributed by atoms with van der Waals surface area (Å²) >= 11 is 0. The van der Waals surface area contributed by atoms with Gasteiger partial charge in [0.25, 0.3) is 5.91 Å². The minimum absolute atomic E-state index is 0.342. The summed E-state index contributed by atoms with van der Waals surface area (Å²) in [6.07, 6.45) is 1.20. The Hall–Kier alpha value is -4.04. The number of aromatic nitrogens is 6. The first-order chi connectivity index (χ1) is 17.5. The van der Waals surface area contributed by atoms with Crippen molar-refractivity contribution in [1.82, 2.24) is 40.3 Å². The van der Waals surface area contributed by atoms with Crippen LogP contribution in [0, 0.1) is 6.92 Å². The number of ether oxygens (including phenoxy) is 1. The van der Waals surface area contributed by atoms with E-state index in [1.807, 2.05) is 25.1 Å². The van der Waals surface area contributed by atoms with Gasteiger partial charge in [-0.15, -0.1) is 0 Å². The first-order valence-corrected chi connectivity index (χ1v) is 11.2. The number of imidazole rings is 1. The van der Waals surface area contributed by atoms with E-state index in [0.29, 0.717) is 34.9 Å². The summed E-state index contributed by atoms with van der Waals surface area (Å²) in [6.45, 7) is 2.38. The molecule has 0 radical (unpaired) electrons. The van der Waals surface area contributed by atoms with Crippen LogP contribution in [-0.4, -0.2) is 71.0 Å². The molecule has 0 bridgehead atoms. The predicted molar refractivity (Wildman–Crippen MR) is 128 cm³/mol. The molecule has 36 heavy (non-hydrogen) atoms. The van der Waals surface area contributed by atoms with Crippen molar-refractivity contribution in [2.45, 2.75) is 38.0 Å². The van der Waals surface area contributed by atoms with E-state index in [-0.39, 0.29) is 0 Å². The largest absolute Gasteiger partial charge is 0.387 e. The SMILES string of the molecule is CNNC(=O)[C@H]1O[C@@H](n2cnc3c(NCc4cc(C)ccn4)nc(-c4cccnc4)nc32)[C@H](O)[C@@H]1O. The number of aliphatic hydroxyl groups is 2. The summed E-state index contributed by atoms with van der Waals surface area (Å²) in [5.74, 6) is 0.197. The van der Waals surface area contributed by atoms with Gasteiger partial charge in [-0.05, 0) is 36.8 Å². The van der Waals surface area contributed by atoms with Gasteiger partial charge in [0, 0.05) is 31.2 Å². The minimum atomic E-state index is -1.45. The Bertz CT molecular complexity index is 1380. The number of hydrogen-bond acceptors (Lipinski definition) is 11. The fourth-order valence-electron chi connectivity index (χ4n) is 4.02. The lowest BCUT2D eigenvalue weighted by atomic mass is 10.1. The number of amides is 1. The molecule has 4 aromatic heterocycles. The van der Waals surface area contributed by atoms with Crippen LogP contribution in [0.5, 0.6) is 0 Å². The normalized spacial score (nSPS) is 21.6. The van der Waals surface area contributed by atoms with Crippen molar-refractivity contribution in [3.8, 4) is 11.4 Å². The molecule has 4 aromatic rings. The molecule has 0 unspecified atom stereocenters. The number of pyridine rings is 2. The molecule has 0 aromatic carbocycles. The van der Waals surface area contributed by atoms with Crippen LogP contribution in [0.1, 0.15) is 17.5 Å². The lowest BCUT2D eigenvalue weighted by molar-refractivity contribution is -0.138. The smallest absolute Gasteiger partial charge is 0.266 e. The molecule has 5 heterocycles. The van der Waals surface area contributed by atoms with E-state index in [4.69, 9.17) is 4.74 Å². The number of carbonyl (C=O) groups excluding carboxylic acids is 1. The van der Waals surface area contributed by atoms with Crippen molar-refractivity contribution in [3.05, 3.63) is 60.4 Å². The van der Waals surface area contributed by atoms with E-state index in [0.717, 1.165) is 11.3 Å². The second-order valence-electron chi connectivity index (χ2n) is 8.31. The molecule has 5 N–H and O–H groups in total. The van der Waals surface area contributed by atoms with Crippen LogP contribution in [0.15, 0.2) is 49.2 Å². The minimum Gasteiger partial charge on any atom is -0.387 e. The lowest BCUT2D eigenvalue weighted by Crippen LogP contribution is -2.46. The molecule has 1 fully saturated rings. The van der Waals surface area contributed by atoms with Crippen LogP contribution in [0.3, 0.4) is 0 Å². The Morgan fingerprint density at radius 3 is 2.78 bits per heavy atom. The third-order valence-electron chi connectivity index (χ3n) is 5.77. The van der Waals surface area contributed by atoms with E-state index in [1.165, 1.54) is 17.9 Å². The molecule has 4 atom stereocenters. The zero-order valence-corrected chi connectivity index (χ0v) is 19.5. The molecule has 0 saturated carbocycles. The van der Waals surface area contributed by atoms with E-state index in [9.17, 15) is 15.0 Å². The van der Waals surface area contributed by atoms with Gasteiger partial charge in [0.2, 0.25) is 0 Å². The molecule has 186 valence electrons. The number of aryl methyl sites for hydroxylation is 1. The van der Waals surface area contributed by atoms with Gasteiger partial charge in [-0.1, -0.05) is 0 Å². The molecule has 1 aliphatic rings. The van der Waals surface area contributed by atoms with E-state index >= 15 is 0 Å². The number of nitrogens with one attached hydrogen (secondary N) is 3. The monoisotopic (exact) mass is 491 g/mol. The van der Waals surface area contributed by atoms with Gasteiger partial charge in [-0.3, -0.25) is 24.8 Å². The Kier molecular flexibility index (Phi) is 6.52. The highest BCUT2D eigenvalue weighted by Gasteiger charge is 2.47. The molecule has 13 nitrogen and oxygen atoms in total. The summed E-state index contributed by atoms with van der Waals surface area (Å²) < 4.78 is 7.23. The maximum atomic E-state index is 12.3. The van der Waals surface area contributed by atoms with Crippen molar-refractivity contribution < 1.29 is 19.7 Å². The standard InChI is InChI=1S/C23H25N9O4/c1-12-5-7-26-14(8-12)10-27-20-15-21(30-19(29-20)13-4-3-6-25-9-13)32(11-28-15)23-17(34)16(33)18(36-23)22(35)31-24-2/h3-9,11,16-18,23-24,33-34H,10H2,1-2H3,(H,31,35)(H,27,29,30)/t16-,17+,18-,23+/m0/s1. The number of anilines is 1. The molecule has 13 heteroatoms. The highest BCUT2D eigenvalue weighted by Crippen LogP contribution is 2.33. The number of rotatable bonds is 7. The predicted octanol–water partition coefficient (Wildman–Crippen LogP) is 0.0736. The summed E-state index contributed by atoms with van der Waals surface area (Å²) in [6, 6.07) is 7.48. The topological polar surface area (TPSA) is 172 Å². The van der Waals surface area contributed by atoms with Crippen LogP contribution in [0.4, 0.5) is 5.82 Å². The Balaban J connectivity index is 1.55. The highest BCUT2D eigenvalue weighted by atomic mass is 16.6. The first kappa shape index (κ1) is 23.7. The highest BCUT2D eigenvalue weighted by molar-refractivity contribution is 5.85. The third kappa shape index (κ3) is 4.47. The Morgan fingerprint density at radius 2 is 2.03 bits per heavy atom. The number of nitrogens with zero attached hydrogens (tertiary/aromatic N) is 6. The van der Waals surface area contributed by atoms with Gasteiger partial charge in [0.05, 0.1) is 18.6 Å². The van der Waals surface area contributed by atoms with Gasteiger partial charge in [-0.2, -0.15) is 0 Å². The van der Waals surface area contributed by atoms with Crippen LogP contribution >= 0.6 is 0 Å². The number of carbonyl (C=O) groups is 1. The molecule has 1 amide bonds. The fraction of sp³-hybridized carbons (Fsp3) is 0.304. The van der Waals surface area contributed by atoms with Crippen molar-refractivity contribution in [1.29, 1.82) is 0 Å². The fourth-order valence-corrected chi connectivity index (χ4v) is 4.02. The Labute approximate surface area is 205 Å². The number of fused-ring (bicyclic) bond motifs is 1. The first-order valence-electron chi connectivity index (χ1n) is 11.2. The molecule has 1 aliphatic heterocycles. The molecular weight excluding hydrogens is 466 g/mol. The maximum absolute atomic E-state index is 12.3. The zero-order valence-electron chi connectivity index (χ0n) is 19.5. The van der Waals surface area contributed by atoms with Gasteiger partial charge in [0.1, 0.15) is 12.2 Å². The second-order valence-corrected chi connectivity index (χ2v) is 8.31.